The van der Waals surface area contributed by atoms with Crippen LogP contribution in [-0.4, -0.2) is 35.3 Å². The lowest BCUT2D eigenvalue weighted by Crippen LogP contribution is -2.46. The number of nitrogens with zero attached hydrogens (tertiary/aromatic N) is 2. The summed E-state index contributed by atoms with van der Waals surface area (Å²) in [6.45, 7) is 3.17. The van der Waals surface area contributed by atoms with E-state index in [0.717, 1.165) is 22.6 Å². The highest BCUT2D eigenvalue weighted by atomic mass is 35.5. The number of hydrogen-bond donors (Lipinski definition) is 1. The van der Waals surface area contributed by atoms with E-state index in [1.807, 2.05) is 31.2 Å². The third-order valence-corrected chi connectivity index (χ3v) is 6.06. The molecule has 2 atom stereocenters. The zero-order valence-corrected chi connectivity index (χ0v) is 17.4. The molecule has 6 nitrogen and oxygen atoms in total. The van der Waals surface area contributed by atoms with Gasteiger partial charge in [0.2, 0.25) is 5.91 Å². The maximum Gasteiger partial charge on any atom is 0.325 e. The standard InChI is InChI=1S/C21H19Cl2N3O3/c1-12-9-13-5-3-4-6-17(13)26(12)18(27)11-25-19(28)21(2,24-20(25)29)15-8-7-14(22)10-16(15)23/h3-8,10,12H,9,11H2,1-2H3,(H,24,29)/t12-,21-/m1/s1. The van der Waals surface area contributed by atoms with E-state index in [2.05, 4.69) is 5.32 Å². The Hall–Kier alpha value is -2.57. The summed E-state index contributed by atoms with van der Waals surface area (Å²) in [6, 6.07) is 11.7. The van der Waals surface area contributed by atoms with Gasteiger partial charge in [-0.1, -0.05) is 47.5 Å². The summed E-state index contributed by atoms with van der Waals surface area (Å²) in [5.41, 5.74) is 0.953. The Labute approximate surface area is 178 Å². The number of carbonyl (C=O) groups is 3. The molecule has 150 valence electrons. The molecular weight excluding hydrogens is 413 g/mol. The fourth-order valence-electron chi connectivity index (χ4n) is 4.08. The lowest BCUT2D eigenvalue weighted by molar-refractivity contribution is -0.134. The van der Waals surface area contributed by atoms with Crippen molar-refractivity contribution < 1.29 is 14.4 Å². The number of hydrogen-bond acceptors (Lipinski definition) is 3. The monoisotopic (exact) mass is 431 g/mol. The molecular formula is C21H19Cl2N3O3. The number of urea groups is 1. The van der Waals surface area contributed by atoms with E-state index in [1.165, 1.54) is 6.07 Å². The highest BCUT2D eigenvalue weighted by Crippen LogP contribution is 2.36. The predicted molar refractivity (Wildman–Crippen MR) is 111 cm³/mol. The molecule has 0 bridgehead atoms. The Balaban J connectivity index is 1.59. The minimum absolute atomic E-state index is 0.0437. The molecule has 1 fully saturated rings. The Kier molecular flexibility index (Phi) is 4.79. The molecule has 2 heterocycles. The van der Waals surface area contributed by atoms with Crippen molar-refractivity contribution in [1.29, 1.82) is 0 Å². The van der Waals surface area contributed by atoms with Gasteiger partial charge in [0.15, 0.2) is 0 Å². The van der Waals surface area contributed by atoms with Gasteiger partial charge in [0, 0.05) is 27.3 Å². The second-order valence-corrected chi connectivity index (χ2v) is 8.36. The van der Waals surface area contributed by atoms with Crippen LogP contribution in [0.4, 0.5) is 10.5 Å². The molecule has 0 unspecified atom stereocenters. The van der Waals surface area contributed by atoms with Crippen LogP contribution in [0.25, 0.3) is 0 Å². The number of amides is 4. The van der Waals surface area contributed by atoms with Gasteiger partial charge in [-0.3, -0.25) is 14.5 Å². The quantitative estimate of drug-likeness (QED) is 0.752. The van der Waals surface area contributed by atoms with Gasteiger partial charge in [-0.15, -0.1) is 0 Å². The zero-order valence-electron chi connectivity index (χ0n) is 15.9. The van der Waals surface area contributed by atoms with Gasteiger partial charge in [-0.05, 0) is 44.0 Å². The minimum atomic E-state index is -1.37. The van der Waals surface area contributed by atoms with Crippen LogP contribution in [0.15, 0.2) is 42.5 Å². The highest BCUT2D eigenvalue weighted by molar-refractivity contribution is 6.35. The van der Waals surface area contributed by atoms with Crippen molar-refractivity contribution in [3.8, 4) is 0 Å². The van der Waals surface area contributed by atoms with Crippen LogP contribution in [-0.2, 0) is 21.5 Å². The van der Waals surface area contributed by atoms with Crippen LogP contribution in [0.5, 0.6) is 0 Å². The van der Waals surface area contributed by atoms with E-state index in [9.17, 15) is 14.4 Å². The summed E-state index contributed by atoms with van der Waals surface area (Å²) in [4.78, 5) is 41.3. The Morgan fingerprint density at radius 2 is 1.93 bits per heavy atom. The number of nitrogens with one attached hydrogen (secondary N) is 1. The van der Waals surface area contributed by atoms with Crippen molar-refractivity contribution in [3.05, 3.63) is 63.6 Å². The molecule has 1 N–H and O–H groups in total. The molecule has 29 heavy (non-hydrogen) atoms. The molecule has 4 rings (SSSR count). The number of carbonyl (C=O) groups excluding carboxylic acids is 3. The minimum Gasteiger partial charge on any atom is -0.319 e. The van der Waals surface area contributed by atoms with Gasteiger partial charge in [0.05, 0.1) is 0 Å². The Morgan fingerprint density at radius 1 is 1.21 bits per heavy atom. The lowest BCUT2D eigenvalue weighted by Gasteiger charge is -2.26. The van der Waals surface area contributed by atoms with Crippen molar-refractivity contribution in [3.63, 3.8) is 0 Å². The van der Waals surface area contributed by atoms with Gasteiger partial charge in [-0.25, -0.2) is 4.79 Å². The van der Waals surface area contributed by atoms with Gasteiger partial charge < -0.3 is 10.2 Å². The van der Waals surface area contributed by atoms with Gasteiger partial charge in [0.25, 0.3) is 5.91 Å². The van der Waals surface area contributed by atoms with Gasteiger partial charge in [0.1, 0.15) is 12.1 Å². The van der Waals surface area contributed by atoms with E-state index in [-0.39, 0.29) is 23.5 Å². The van der Waals surface area contributed by atoms with Crippen molar-refractivity contribution in [2.45, 2.75) is 31.8 Å². The predicted octanol–water partition coefficient (Wildman–Crippen LogP) is 3.74. The SMILES string of the molecule is C[C@@H]1Cc2ccccc2N1C(=O)CN1C(=O)N[C@](C)(c2ccc(Cl)cc2Cl)C1=O. The van der Waals surface area contributed by atoms with Crippen molar-refractivity contribution in [1.82, 2.24) is 10.2 Å². The maximum atomic E-state index is 13.1. The van der Waals surface area contributed by atoms with Gasteiger partial charge >= 0.3 is 6.03 Å². The number of imide groups is 1. The van der Waals surface area contributed by atoms with Crippen molar-refractivity contribution in [2.75, 3.05) is 11.4 Å². The zero-order chi connectivity index (χ0) is 20.9. The molecule has 0 saturated carbocycles. The second kappa shape index (κ2) is 7.04. The van der Waals surface area contributed by atoms with Crippen molar-refractivity contribution in [2.24, 2.45) is 0 Å². The van der Waals surface area contributed by atoms with Crippen LogP contribution in [0.3, 0.4) is 0 Å². The Bertz CT molecular complexity index is 1040. The average Bonchev–Trinajstić information content (AvgIpc) is 3.10. The third kappa shape index (κ3) is 3.16. The van der Waals surface area contributed by atoms with Crippen LogP contribution < -0.4 is 10.2 Å². The molecule has 0 aliphatic carbocycles. The number of anilines is 1. The highest BCUT2D eigenvalue weighted by Gasteiger charge is 2.51. The van der Waals surface area contributed by atoms with Crippen molar-refractivity contribution >= 4 is 46.7 Å². The number of benzene rings is 2. The maximum absolute atomic E-state index is 13.1. The first kappa shape index (κ1) is 19.7. The molecule has 0 radical (unpaired) electrons. The van der Waals surface area contributed by atoms with E-state index < -0.39 is 17.5 Å². The van der Waals surface area contributed by atoms with Gasteiger partial charge in [-0.2, -0.15) is 0 Å². The normalized spacial score (nSPS) is 23.4. The summed E-state index contributed by atoms with van der Waals surface area (Å²) in [5, 5.41) is 3.36. The van der Waals surface area contributed by atoms with E-state index in [1.54, 1.807) is 24.0 Å². The van der Waals surface area contributed by atoms with E-state index in [0.29, 0.717) is 10.6 Å². The summed E-state index contributed by atoms with van der Waals surface area (Å²) in [7, 11) is 0. The summed E-state index contributed by atoms with van der Waals surface area (Å²) in [5.74, 6) is -0.836. The molecule has 0 aromatic heterocycles. The molecule has 2 aromatic rings. The first-order chi connectivity index (χ1) is 13.7. The van der Waals surface area contributed by atoms with Crippen LogP contribution in [0.2, 0.25) is 10.0 Å². The van der Waals surface area contributed by atoms with Crippen LogP contribution >= 0.6 is 23.2 Å². The first-order valence-corrected chi connectivity index (χ1v) is 9.97. The molecule has 0 spiro atoms. The summed E-state index contributed by atoms with van der Waals surface area (Å²) in [6.07, 6.45) is 0.736. The number of halogens is 2. The Morgan fingerprint density at radius 3 is 2.66 bits per heavy atom. The number of rotatable bonds is 3. The molecule has 2 aliphatic heterocycles. The van der Waals surface area contributed by atoms with Crippen LogP contribution in [0, 0.1) is 0 Å². The molecule has 2 aromatic carbocycles. The topological polar surface area (TPSA) is 69.7 Å². The van der Waals surface area contributed by atoms with Crippen LogP contribution in [0.1, 0.15) is 25.0 Å². The fraction of sp³-hybridized carbons (Fsp3) is 0.286. The lowest BCUT2D eigenvalue weighted by atomic mass is 9.92. The second-order valence-electron chi connectivity index (χ2n) is 7.52. The molecule has 4 amide bonds. The summed E-state index contributed by atoms with van der Waals surface area (Å²) >= 11 is 12.2. The third-order valence-electron chi connectivity index (χ3n) is 5.51. The molecule has 8 heteroatoms. The van der Waals surface area contributed by atoms with E-state index >= 15 is 0 Å². The first-order valence-electron chi connectivity index (χ1n) is 9.22. The average molecular weight is 432 g/mol. The largest absolute Gasteiger partial charge is 0.325 e. The smallest absolute Gasteiger partial charge is 0.319 e. The molecule has 2 aliphatic rings. The van der Waals surface area contributed by atoms with E-state index in [4.69, 9.17) is 23.2 Å². The summed E-state index contributed by atoms with van der Waals surface area (Å²) < 4.78 is 0. The fourth-order valence-corrected chi connectivity index (χ4v) is 4.67. The number of para-hydroxylation sites is 1. The molecule has 1 saturated heterocycles. The number of fused-ring (bicyclic) bond motifs is 1.